The number of ether oxygens (including phenoxy) is 1. The van der Waals surface area contributed by atoms with E-state index in [1.807, 2.05) is 31.2 Å². The van der Waals surface area contributed by atoms with E-state index in [0.29, 0.717) is 13.2 Å². The molecule has 1 aliphatic carbocycles. The van der Waals surface area contributed by atoms with E-state index in [2.05, 4.69) is 5.32 Å². The maximum Gasteiger partial charge on any atom is 0.223 e. The van der Waals surface area contributed by atoms with Crippen LogP contribution in [0.2, 0.25) is 0 Å². The molecule has 0 aliphatic heterocycles. The van der Waals surface area contributed by atoms with Gasteiger partial charge in [-0.05, 0) is 44.7 Å². The second kappa shape index (κ2) is 8.90. The van der Waals surface area contributed by atoms with E-state index in [1.165, 1.54) is 5.56 Å². The van der Waals surface area contributed by atoms with Crippen LogP contribution in [0.3, 0.4) is 0 Å². The maximum atomic E-state index is 11.9. The zero-order valence-electron chi connectivity index (χ0n) is 12.5. The molecule has 2 atom stereocenters. The number of amides is 1. The van der Waals surface area contributed by atoms with Gasteiger partial charge in [0.15, 0.2) is 0 Å². The van der Waals surface area contributed by atoms with E-state index in [-0.39, 0.29) is 30.3 Å². The van der Waals surface area contributed by atoms with Crippen LogP contribution >= 0.6 is 12.4 Å². The SMILES string of the molecule is Cc1ccc(OCCCNC(=O)C2CCC(N)C2)cc1.Cl. The van der Waals surface area contributed by atoms with Crippen LogP contribution in [-0.4, -0.2) is 25.1 Å². The van der Waals surface area contributed by atoms with Crippen molar-refractivity contribution in [3.8, 4) is 5.75 Å². The normalized spacial score (nSPS) is 20.7. The molecule has 0 bridgehead atoms. The number of nitrogens with two attached hydrogens (primary N) is 1. The first-order valence-electron chi connectivity index (χ1n) is 7.38. The van der Waals surface area contributed by atoms with Crippen molar-refractivity contribution in [3.05, 3.63) is 29.8 Å². The van der Waals surface area contributed by atoms with Crippen molar-refractivity contribution >= 4 is 18.3 Å². The highest BCUT2D eigenvalue weighted by Gasteiger charge is 2.27. The second-order valence-electron chi connectivity index (χ2n) is 5.58. The summed E-state index contributed by atoms with van der Waals surface area (Å²) in [6.07, 6.45) is 3.53. The number of benzene rings is 1. The minimum absolute atomic E-state index is 0. The Morgan fingerprint density at radius 1 is 1.33 bits per heavy atom. The average Bonchev–Trinajstić information content (AvgIpc) is 2.87. The Hall–Kier alpha value is -1.26. The molecule has 0 radical (unpaired) electrons. The van der Waals surface area contributed by atoms with Gasteiger partial charge in [-0.3, -0.25) is 4.79 Å². The molecule has 1 aromatic rings. The van der Waals surface area contributed by atoms with Crippen LogP contribution in [0.15, 0.2) is 24.3 Å². The molecule has 1 amide bonds. The van der Waals surface area contributed by atoms with Crippen LogP contribution in [0.4, 0.5) is 0 Å². The molecule has 0 heterocycles. The molecule has 2 unspecified atom stereocenters. The molecule has 2 rings (SSSR count). The van der Waals surface area contributed by atoms with E-state index >= 15 is 0 Å². The molecule has 0 spiro atoms. The fraction of sp³-hybridized carbons (Fsp3) is 0.562. The fourth-order valence-corrected chi connectivity index (χ4v) is 2.51. The second-order valence-corrected chi connectivity index (χ2v) is 5.58. The highest BCUT2D eigenvalue weighted by Crippen LogP contribution is 2.23. The lowest BCUT2D eigenvalue weighted by Crippen LogP contribution is -2.31. The lowest BCUT2D eigenvalue weighted by atomic mass is 10.1. The van der Waals surface area contributed by atoms with E-state index in [9.17, 15) is 4.79 Å². The molecular weight excluding hydrogens is 288 g/mol. The van der Waals surface area contributed by atoms with Crippen LogP contribution in [0.25, 0.3) is 0 Å². The molecule has 3 N–H and O–H groups in total. The van der Waals surface area contributed by atoms with Crippen molar-refractivity contribution in [2.24, 2.45) is 11.7 Å². The Morgan fingerprint density at radius 3 is 2.67 bits per heavy atom. The predicted octanol–water partition coefficient (Wildman–Crippen LogP) is 2.43. The Bertz CT molecular complexity index is 436. The van der Waals surface area contributed by atoms with E-state index < -0.39 is 0 Å². The third-order valence-corrected chi connectivity index (χ3v) is 3.75. The molecule has 1 saturated carbocycles. The summed E-state index contributed by atoms with van der Waals surface area (Å²) in [5.74, 6) is 1.14. The van der Waals surface area contributed by atoms with Gasteiger partial charge in [0.05, 0.1) is 6.61 Å². The predicted molar refractivity (Wildman–Crippen MR) is 86.9 cm³/mol. The van der Waals surface area contributed by atoms with E-state index in [4.69, 9.17) is 10.5 Å². The Morgan fingerprint density at radius 2 is 2.05 bits per heavy atom. The summed E-state index contributed by atoms with van der Waals surface area (Å²) < 4.78 is 5.61. The molecule has 1 aromatic carbocycles. The molecule has 1 aliphatic rings. The molecule has 0 aromatic heterocycles. The van der Waals surface area contributed by atoms with Crippen LogP contribution in [-0.2, 0) is 4.79 Å². The summed E-state index contributed by atoms with van der Waals surface area (Å²) in [4.78, 5) is 11.9. The van der Waals surface area contributed by atoms with Crippen LogP contribution in [0, 0.1) is 12.8 Å². The zero-order chi connectivity index (χ0) is 14.4. The van der Waals surface area contributed by atoms with Gasteiger partial charge in [-0.15, -0.1) is 12.4 Å². The highest BCUT2D eigenvalue weighted by atomic mass is 35.5. The molecule has 1 fully saturated rings. The first-order valence-corrected chi connectivity index (χ1v) is 7.38. The van der Waals surface area contributed by atoms with Crippen molar-refractivity contribution in [1.82, 2.24) is 5.32 Å². The molecule has 0 saturated heterocycles. The van der Waals surface area contributed by atoms with E-state index in [1.54, 1.807) is 0 Å². The summed E-state index contributed by atoms with van der Waals surface area (Å²) in [7, 11) is 0. The number of carbonyl (C=O) groups is 1. The Kier molecular flexibility index (Phi) is 7.54. The van der Waals surface area contributed by atoms with Gasteiger partial charge in [-0.25, -0.2) is 0 Å². The maximum absolute atomic E-state index is 11.9. The van der Waals surface area contributed by atoms with Crippen LogP contribution in [0.5, 0.6) is 5.75 Å². The third-order valence-electron chi connectivity index (χ3n) is 3.75. The van der Waals surface area contributed by atoms with Crippen molar-refractivity contribution in [3.63, 3.8) is 0 Å². The van der Waals surface area contributed by atoms with Gasteiger partial charge in [0.1, 0.15) is 5.75 Å². The van der Waals surface area contributed by atoms with E-state index in [0.717, 1.165) is 31.4 Å². The standard InChI is InChI=1S/C16H24N2O2.ClH/c1-12-3-7-15(8-4-12)20-10-2-9-18-16(19)13-5-6-14(17)11-13;/h3-4,7-8,13-14H,2,5-6,9-11,17H2,1H3,(H,18,19);1H. The number of nitrogens with one attached hydrogen (secondary N) is 1. The van der Waals surface area contributed by atoms with Crippen molar-refractivity contribution < 1.29 is 9.53 Å². The Labute approximate surface area is 132 Å². The third kappa shape index (κ3) is 5.94. The van der Waals surface area contributed by atoms with Gasteiger partial charge < -0.3 is 15.8 Å². The minimum Gasteiger partial charge on any atom is -0.494 e. The molecule has 21 heavy (non-hydrogen) atoms. The Balaban J connectivity index is 0.00000220. The van der Waals surface area contributed by atoms with Gasteiger partial charge in [0, 0.05) is 18.5 Å². The van der Waals surface area contributed by atoms with Gasteiger partial charge in [-0.2, -0.15) is 0 Å². The lowest BCUT2D eigenvalue weighted by molar-refractivity contribution is -0.124. The number of hydrogen-bond acceptors (Lipinski definition) is 3. The summed E-state index contributed by atoms with van der Waals surface area (Å²) in [6, 6.07) is 8.19. The first-order chi connectivity index (χ1) is 9.65. The molecule has 5 heteroatoms. The first kappa shape index (κ1) is 17.8. The van der Waals surface area contributed by atoms with Gasteiger partial charge in [-0.1, -0.05) is 17.7 Å². The monoisotopic (exact) mass is 312 g/mol. The fourth-order valence-electron chi connectivity index (χ4n) is 2.51. The lowest BCUT2D eigenvalue weighted by Gasteiger charge is -2.11. The van der Waals surface area contributed by atoms with Crippen molar-refractivity contribution in [2.75, 3.05) is 13.2 Å². The minimum atomic E-state index is 0. The number of rotatable bonds is 6. The van der Waals surface area contributed by atoms with Crippen molar-refractivity contribution in [2.45, 2.75) is 38.6 Å². The zero-order valence-corrected chi connectivity index (χ0v) is 13.3. The molecular formula is C16H25ClN2O2. The topological polar surface area (TPSA) is 64.3 Å². The number of halogens is 1. The smallest absolute Gasteiger partial charge is 0.223 e. The summed E-state index contributed by atoms with van der Waals surface area (Å²) in [6.45, 7) is 3.33. The summed E-state index contributed by atoms with van der Waals surface area (Å²) in [5, 5.41) is 2.97. The number of aryl methyl sites for hydroxylation is 1. The molecule has 118 valence electrons. The molecule has 4 nitrogen and oxygen atoms in total. The van der Waals surface area contributed by atoms with Crippen LogP contribution < -0.4 is 15.8 Å². The summed E-state index contributed by atoms with van der Waals surface area (Å²) in [5.41, 5.74) is 7.04. The van der Waals surface area contributed by atoms with Gasteiger partial charge in [0.2, 0.25) is 5.91 Å². The van der Waals surface area contributed by atoms with Gasteiger partial charge >= 0.3 is 0 Å². The van der Waals surface area contributed by atoms with Crippen molar-refractivity contribution in [1.29, 1.82) is 0 Å². The number of hydrogen-bond donors (Lipinski definition) is 2. The number of carbonyl (C=O) groups excluding carboxylic acids is 1. The quantitative estimate of drug-likeness (QED) is 0.793. The largest absolute Gasteiger partial charge is 0.494 e. The highest BCUT2D eigenvalue weighted by molar-refractivity contribution is 5.85. The van der Waals surface area contributed by atoms with Gasteiger partial charge in [0.25, 0.3) is 0 Å². The van der Waals surface area contributed by atoms with Crippen LogP contribution in [0.1, 0.15) is 31.2 Å². The average molecular weight is 313 g/mol. The summed E-state index contributed by atoms with van der Waals surface area (Å²) >= 11 is 0.